The predicted molar refractivity (Wildman–Crippen MR) is 86.7 cm³/mol. The van der Waals surface area contributed by atoms with Gasteiger partial charge in [0.1, 0.15) is 6.54 Å². The number of aryl methyl sites for hydroxylation is 1. The molecular formula is C18H24N2O2. The fraction of sp³-hybridized carbons (Fsp3) is 0.556. The van der Waals surface area contributed by atoms with Crippen LogP contribution in [0.15, 0.2) is 24.3 Å². The molecule has 4 heteroatoms. The largest absolute Gasteiger partial charge is 0.329 e. The summed E-state index contributed by atoms with van der Waals surface area (Å²) in [6.45, 7) is 4.87. The Hall–Kier alpha value is -1.84. The van der Waals surface area contributed by atoms with Crippen molar-refractivity contribution >= 4 is 17.5 Å². The lowest BCUT2D eigenvalue weighted by Gasteiger charge is -2.40. The highest BCUT2D eigenvalue weighted by atomic mass is 16.2. The Balaban J connectivity index is 1.73. The van der Waals surface area contributed by atoms with Crippen LogP contribution in [0.25, 0.3) is 0 Å². The minimum absolute atomic E-state index is 0.0232. The Bertz CT molecular complexity index is 578. The monoisotopic (exact) mass is 300 g/mol. The lowest BCUT2D eigenvalue weighted by Crippen LogP contribution is -2.58. The van der Waals surface area contributed by atoms with E-state index in [1.807, 2.05) is 43.0 Å². The van der Waals surface area contributed by atoms with Crippen molar-refractivity contribution in [2.45, 2.75) is 45.6 Å². The van der Waals surface area contributed by atoms with Gasteiger partial charge in [-0.25, -0.2) is 0 Å². The molecule has 2 aliphatic rings. The number of benzene rings is 1. The maximum atomic E-state index is 12.6. The zero-order valence-electron chi connectivity index (χ0n) is 13.4. The van der Waals surface area contributed by atoms with Crippen molar-refractivity contribution < 1.29 is 9.59 Å². The molecule has 1 aliphatic carbocycles. The van der Waals surface area contributed by atoms with E-state index in [0.29, 0.717) is 6.54 Å². The van der Waals surface area contributed by atoms with Crippen LogP contribution in [0.5, 0.6) is 0 Å². The van der Waals surface area contributed by atoms with Crippen molar-refractivity contribution in [1.29, 1.82) is 0 Å². The molecule has 1 aromatic carbocycles. The lowest BCUT2D eigenvalue weighted by molar-refractivity contribution is -0.142. The number of anilines is 1. The molecule has 1 atom stereocenters. The SMILES string of the molecule is Cc1cccc(N2C[C@H](C)N(C(=O)C3CCCC3)CC2=O)c1. The number of nitrogens with zero attached hydrogens (tertiary/aromatic N) is 2. The highest BCUT2D eigenvalue weighted by Gasteiger charge is 2.36. The second kappa shape index (κ2) is 6.11. The maximum absolute atomic E-state index is 12.6. The van der Waals surface area contributed by atoms with E-state index in [2.05, 4.69) is 0 Å². The van der Waals surface area contributed by atoms with Gasteiger partial charge in [0.2, 0.25) is 11.8 Å². The fourth-order valence-electron chi connectivity index (χ4n) is 3.60. The number of carbonyl (C=O) groups is 2. The summed E-state index contributed by atoms with van der Waals surface area (Å²) in [4.78, 5) is 28.7. The molecule has 0 aromatic heterocycles. The fourth-order valence-corrected chi connectivity index (χ4v) is 3.60. The summed E-state index contributed by atoms with van der Waals surface area (Å²) in [6.07, 6.45) is 4.25. The average molecular weight is 300 g/mol. The van der Waals surface area contributed by atoms with Crippen LogP contribution in [0.1, 0.15) is 38.2 Å². The maximum Gasteiger partial charge on any atom is 0.246 e. The topological polar surface area (TPSA) is 40.6 Å². The molecule has 2 fully saturated rings. The van der Waals surface area contributed by atoms with Gasteiger partial charge in [-0.05, 0) is 44.4 Å². The molecule has 1 aromatic rings. The summed E-state index contributed by atoms with van der Waals surface area (Å²) in [5, 5.41) is 0. The molecule has 1 saturated carbocycles. The van der Waals surface area contributed by atoms with Crippen LogP contribution in [0.3, 0.4) is 0 Å². The lowest BCUT2D eigenvalue weighted by atomic mass is 10.0. The Morgan fingerprint density at radius 2 is 1.95 bits per heavy atom. The van der Waals surface area contributed by atoms with Crippen LogP contribution in [-0.2, 0) is 9.59 Å². The van der Waals surface area contributed by atoms with Gasteiger partial charge in [-0.3, -0.25) is 9.59 Å². The van der Waals surface area contributed by atoms with Crippen molar-refractivity contribution in [3.8, 4) is 0 Å². The average Bonchev–Trinajstić information content (AvgIpc) is 3.03. The van der Waals surface area contributed by atoms with Gasteiger partial charge in [-0.1, -0.05) is 25.0 Å². The van der Waals surface area contributed by atoms with E-state index < -0.39 is 0 Å². The zero-order valence-corrected chi connectivity index (χ0v) is 13.4. The first-order valence-electron chi connectivity index (χ1n) is 8.24. The molecule has 2 amide bonds. The van der Waals surface area contributed by atoms with Gasteiger partial charge in [-0.2, -0.15) is 0 Å². The molecule has 22 heavy (non-hydrogen) atoms. The molecule has 3 rings (SSSR count). The number of rotatable bonds is 2. The number of hydrogen-bond acceptors (Lipinski definition) is 2. The normalized spacial score (nSPS) is 23.2. The third kappa shape index (κ3) is 2.87. The summed E-state index contributed by atoms with van der Waals surface area (Å²) in [5.74, 6) is 0.345. The summed E-state index contributed by atoms with van der Waals surface area (Å²) >= 11 is 0. The van der Waals surface area contributed by atoms with E-state index in [4.69, 9.17) is 0 Å². The summed E-state index contributed by atoms with van der Waals surface area (Å²) in [6, 6.07) is 8.06. The Morgan fingerprint density at radius 1 is 1.23 bits per heavy atom. The van der Waals surface area contributed by atoms with Gasteiger partial charge in [0.15, 0.2) is 0 Å². The van der Waals surface area contributed by atoms with Crippen molar-refractivity contribution in [3.63, 3.8) is 0 Å². The van der Waals surface area contributed by atoms with Crippen LogP contribution < -0.4 is 4.90 Å². The van der Waals surface area contributed by atoms with E-state index in [-0.39, 0.29) is 30.3 Å². The van der Waals surface area contributed by atoms with E-state index in [1.54, 1.807) is 4.90 Å². The first-order chi connectivity index (χ1) is 10.6. The summed E-state index contributed by atoms with van der Waals surface area (Å²) < 4.78 is 0. The third-order valence-corrected chi connectivity index (χ3v) is 4.89. The van der Waals surface area contributed by atoms with Gasteiger partial charge in [0.05, 0.1) is 0 Å². The van der Waals surface area contributed by atoms with Gasteiger partial charge in [0.25, 0.3) is 0 Å². The summed E-state index contributed by atoms with van der Waals surface area (Å²) in [7, 11) is 0. The van der Waals surface area contributed by atoms with Crippen molar-refractivity contribution in [1.82, 2.24) is 4.90 Å². The summed E-state index contributed by atoms with van der Waals surface area (Å²) in [5.41, 5.74) is 2.08. The Morgan fingerprint density at radius 3 is 2.64 bits per heavy atom. The number of hydrogen-bond donors (Lipinski definition) is 0. The van der Waals surface area contributed by atoms with Gasteiger partial charge in [0, 0.05) is 24.2 Å². The smallest absolute Gasteiger partial charge is 0.246 e. The van der Waals surface area contributed by atoms with E-state index in [1.165, 1.54) is 0 Å². The van der Waals surface area contributed by atoms with E-state index in [9.17, 15) is 9.59 Å². The number of piperazine rings is 1. The van der Waals surface area contributed by atoms with Crippen LogP contribution in [0.4, 0.5) is 5.69 Å². The molecule has 0 spiro atoms. The Kier molecular flexibility index (Phi) is 4.19. The van der Waals surface area contributed by atoms with Crippen LogP contribution in [0, 0.1) is 12.8 Å². The second-order valence-corrected chi connectivity index (χ2v) is 6.64. The highest BCUT2D eigenvalue weighted by Crippen LogP contribution is 2.29. The Labute approximate surface area is 132 Å². The molecule has 0 unspecified atom stereocenters. The first kappa shape index (κ1) is 15.1. The van der Waals surface area contributed by atoms with Gasteiger partial charge >= 0.3 is 0 Å². The van der Waals surface area contributed by atoms with E-state index >= 15 is 0 Å². The van der Waals surface area contributed by atoms with Crippen LogP contribution in [-0.4, -0.2) is 35.8 Å². The van der Waals surface area contributed by atoms with Crippen molar-refractivity contribution in [2.75, 3.05) is 18.0 Å². The molecule has 0 bridgehead atoms. The molecule has 1 aliphatic heterocycles. The highest BCUT2D eigenvalue weighted by molar-refractivity contribution is 5.98. The molecule has 0 N–H and O–H groups in total. The van der Waals surface area contributed by atoms with Crippen molar-refractivity contribution in [2.24, 2.45) is 5.92 Å². The third-order valence-electron chi connectivity index (χ3n) is 4.89. The standard InChI is InChI=1S/C18H24N2O2/c1-13-6-5-9-16(10-13)20-11-14(2)19(12-17(20)21)18(22)15-7-3-4-8-15/h5-6,9-10,14-15H,3-4,7-8,11-12H2,1-2H3/t14-/m0/s1. The molecule has 1 heterocycles. The van der Waals surface area contributed by atoms with Gasteiger partial charge < -0.3 is 9.80 Å². The van der Waals surface area contributed by atoms with Crippen LogP contribution in [0.2, 0.25) is 0 Å². The van der Waals surface area contributed by atoms with Crippen LogP contribution >= 0.6 is 0 Å². The quantitative estimate of drug-likeness (QED) is 0.842. The van der Waals surface area contributed by atoms with Crippen molar-refractivity contribution in [3.05, 3.63) is 29.8 Å². The minimum atomic E-state index is 0.0232. The number of amides is 2. The first-order valence-corrected chi connectivity index (χ1v) is 8.24. The molecular weight excluding hydrogens is 276 g/mol. The van der Waals surface area contributed by atoms with E-state index in [0.717, 1.165) is 36.9 Å². The van der Waals surface area contributed by atoms with Gasteiger partial charge in [-0.15, -0.1) is 0 Å². The number of carbonyl (C=O) groups excluding carboxylic acids is 2. The molecule has 4 nitrogen and oxygen atoms in total. The molecule has 0 radical (unpaired) electrons. The predicted octanol–water partition coefficient (Wildman–Crippen LogP) is 2.75. The zero-order chi connectivity index (χ0) is 15.7. The molecule has 118 valence electrons. The second-order valence-electron chi connectivity index (χ2n) is 6.64. The molecule has 1 saturated heterocycles. The minimum Gasteiger partial charge on any atom is -0.329 e.